The fourth-order valence-corrected chi connectivity index (χ4v) is 2.37. The molecular weight excluding hydrogens is 328 g/mol. The second-order valence-corrected chi connectivity index (χ2v) is 5.96. The van der Waals surface area contributed by atoms with Gasteiger partial charge in [0.05, 0.1) is 0 Å². The number of hydrogen-bond donors (Lipinski definition) is 3. The van der Waals surface area contributed by atoms with Crippen LogP contribution in [-0.2, 0) is 4.79 Å². The number of unbranched alkanes of at least 4 members (excludes halogenated alkanes) is 2. The van der Waals surface area contributed by atoms with Crippen LogP contribution in [0.25, 0.3) is 12.2 Å². The van der Waals surface area contributed by atoms with Crippen LogP contribution in [0.4, 0.5) is 0 Å². The van der Waals surface area contributed by atoms with Gasteiger partial charge in [0.15, 0.2) is 18.1 Å². The van der Waals surface area contributed by atoms with Crippen LogP contribution in [-0.4, -0.2) is 30.7 Å². The first kappa shape index (κ1) is 19.5. The van der Waals surface area contributed by atoms with Crippen LogP contribution in [0.1, 0.15) is 30.4 Å². The van der Waals surface area contributed by atoms with E-state index in [4.69, 9.17) is 10.5 Å². The molecule has 5 heteroatoms. The quantitative estimate of drug-likeness (QED) is 0.452. The van der Waals surface area contributed by atoms with Crippen LogP contribution >= 0.6 is 0 Å². The van der Waals surface area contributed by atoms with E-state index in [0.717, 1.165) is 30.4 Å². The van der Waals surface area contributed by atoms with Gasteiger partial charge in [-0.15, -0.1) is 0 Å². The third kappa shape index (κ3) is 6.99. The highest BCUT2D eigenvalue weighted by atomic mass is 16.5. The fraction of sp³-hybridized carbons (Fsp3) is 0.286. The van der Waals surface area contributed by atoms with Crippen molar-refractivity contribution in [1.82, 2.24) is 5.32 Å². The molecular formula is C21H26N2O3. The van der Waals surface area contributed by atoms with Gasteiger partial charge in [-0.2, -0.15) is 0 Å². The molecule has 0 bridgehead atoms. The Labute approximate surface area is 154 Å². The Balaban J connectivity index is 1.85. The third-order valence-corrected chi connectivity index (χ3v) is 3.81. The summed E-state index contributed by atoms with van der Waals surface area (Å²) < 4.78 is 5.45. The second kappa shape index (κ2) is 10.9. The van der Waals surface area contributed by atoms with Gasteiger partial charge in [0.25, 0.3) is 5.91 Å². The smallest absolute Gasteiger partial charge is 0.257 e. The molecule has 1 amide bonds. The maximum absolute atomic E-state index is 11.8. The van der Waals surface area contributed by atoms with Crippen LogP contribution < -0.4 is 15.8 Å². The molecule has 0 aliphatic carbocycles. The van der Waals surface area contributed by atoms with E-state index in [9.17, 15) is 9.90 Å². The molecule has 0 aromatic heterocycles. The van der Waals surface area contributed by atoms with Crippen LogP contribution in [0.3, 0.4) is 0 Å². The monoisotopic (exact) mass is 354 g/mol. The van der Waals surface area contributed by atoms with E-state index in [0.29, 0.717) is 18.8 Å². The Morgan fingerprint density at radius 3 is 2.58 bits per heavy atom. The zero-order valence-electron chi connectivity index (χ0n) is 14.9. The molecule has 2 aromatic rings. The maximum atomic E-state index is 11.8. The molecule has 0 aliphatic heterocycles. The standard InChI is InChI=1S/C21H26N2O3/c22-13-5-2-6-14-23-21(25)16-26-20-15-18(11-12-19(20)24)10-9-17-7-3-1-4-8-17/h1,3-4,7-12,15,24H,2,5-6,13-14,16,22H2,(H,23,25)/b10-9+. The Bertz CT molecular complexity index is 714. The van der Waals surface area contributed by atoms with Gasteiger partial charge in [-0.05, 0) is 42.6 Å². The first-order chi connectivity index (χ1) is 12.7. The van der Waals surface area contributed by atoms with E-state index in [-0.39, 0.29) is 18.3 Å². The molecule has 0 atom stereocenters. The second-order valence-electron chi connectivity index (χ2n) is 5.96. The van der Waals surface area contributed by atoms with E-state index in [1.54, 1.807) is 18.2 Å². The lowest BCUT2D eigenvalue weighted by Crippen LogP contribution is -2.29. The molecule has 2 aromatic carbocycles. The molecule has 138 valence electrons. The van der Waals surface area contributed by atoms with Crippen molar-refractivity contribution < 1.29 is 14.6 Å². The zero-order chi connectivity index (χ0) is 18.6. The van der Waals surface area contributed by atoms with Gasteiger partial charge in [-0.25, -0.2) is 0 Å². The van der Waals surface area contributed by atoms with Gasteiger partial charge in [0.1, 0.15) is 0 Å². The molecule has 4 N–H and O–H groups in total. The minimum absolute atomic E-state index is 0.0117. The van der Waals surface area contributed by atoms with Gasteiger partial charge < -0.3 is 20.9 Å². The van der Waals surface area contributed by atoms with Gasteiger partial charge in [0, 0.05) is 6.54 Å². The number of nitrogens with two attached hydrogens (primary N) is 1. The van der Waals surface area contributed by atoms with Crippen LogP contribution in [0.2, 0.25) is 0 Å². The number of phenolic OH excluding ortho intramolecular Hbond substituents is 1. The molecule has 26 heavy (non-hydrogen) atoms. The predicted octanol–water partition coefficient (Wildman–Crippen LogP) is 3.19. The van der Waals surface area contributed by atoms with Crippen LogP contribution in [0.5, 0.6) is 11.5 Å². The van der Waals surface area contributed by atoms with Gasteiger partial charge in [-0.1, -0.05) is 55.0 Å². The van der Waals surface area contributed by atoms with Crippen LogP contribution in [0, 0.1) is 0 Å². The summed E-state index contributed by atoms with van der Waals surface area (Å²) in [5, 5.41) is 12.7. The third-order valence-electron chi connectivity index (χ3n) is 3.81. The minimum Gasteiger partial charge on any atom is -0.504 e. The number of nitrogens with one attached hydrogen (secondary N) is 1. The molecule has 0 saturated heterocycles. The summed E-state index contributed by atoms with van der Waals surface area (Å²) in [5.41, 5.74) is 7.39. The number of carbonyl (C=O) groups excluding carboxylic acids is 1. The molecule has 0 saturated carbocycles. The van der Waals surface area contributed by atoms with E-state index in [1.807, 2.05) is 42.5 Å². The highest BCUT2D eigenvalue weighted by molar-refractivity contribution is 5.77. The summed E-state index contributed by atoms with van der Waals surface area (Å²) in [6.45, 7) is 1.15. The number of ether oxygens (including phenoxy) is 1. The van der Waals surface area contributed by atoms with Crippen molar-refractivity contribution in [1.29, 1.82) is 0 Å². The van der Waals surface area contributed by atoms with E-state index < -0.39 is 0 Å². The Hall–Kier alpha value is -2.79. The topological polar surface area (TPSA) is 84.6 Å². The number of phenols is 1. The molecule has 2 rings (SSSR count). The lowest BCUT2D eigenvalue weighted by Gasteiger charge is -2.09. The number of rotatable bonds is 10. The molecule has 0 spiro atoms. The number of aromatic hydroxyl groups is 1. The number of benzene rings is 2. The number of hydrogen-bond acceptors (Lipinski definition) is 4. The van der Waals surface area contributed by atoms with Crippen molar-refractivity contribution in [2.24, 2.45) is 5.73 Å². The predicted molar refractivity (Wildman–Crippen MR) is 105 cm³/mol. The van der Waals surface area contributed by atoms with Crippen LogP contribution in [0.15, 0.2) is 48.5 Å². The van der Waals surface area contributed by atoms with Gasteiger partial charge in [-0.3, -0.25) is 4.79 Å². The van der Waals surface area contributed by atoms with Crippen molar-refractivity contribution >= 4 is 18.1 Å². The SMILES string of the molecule is NCCCCCNC(=O)COc1cc(/C=C/c2ccccc2)ccc1O. The van der Waals surface area contributed by atoms with Crippen molar-refractivity contribution in [3.05, 3.63) is 59.7 Å². The molecule has 0 aliphatic rings. The summed E-state index contributed by atoms with van der Waals surface area (Å²) in [7, 11) is 0. The summed E-state index contributed by atoms with van der Waals surface area (Å²) in [5.74, 6) is 0.0958. The Morgan fingerprint density at radius 2 is 1.81 bits per heavy atom. The molecule has 0 unspecified atom stereocenters. The summed E-state index contributed by atoms with van der Waals surface area (Å²) in [6.07, 6.45) is 6.76. The van der Waals surface area contributed by atoms with Crippen molar-refractivity contribution in [3.63, 3.8) is 0 Å². The minimum atomic E-state index is -0.206. The number of amides is 1. The summed E-state index contributed by atoms with van der Waals surface area (Å²) in [6, 6.07) is 15.0. The highest BCUT2D eigenvalue weighted by Gasteiger charge is 2.06. The first-order valence-electron chi connectivity index (χ1n) is 8.85. The average molecular weight is 354 g/mol. The van der Waals surface area contributed by atoms with Crippen molar-refractivity contribution in [2.75, 3.05) is 19.7 Å². The zero-order valence-corrected chi connectivity index (χ0v) is 14.9. The van der Waals surface area contributed by atoms with Gasteiger partial charge >= 0.3 is 0 Å². The molecule has 0 fully saturated rings. The normalized spacial score (nSPS) is 10.8. The lowest BCUT2D eigenvalue weighted by molar-refractivity contribution is -0.123. The Kier molecular flexibility index (Phi) is 8.23. The largest absolute Gasteiger partial charge is 0.504 e. The van der Waals surface area contributed by atoms with E-state index in [1.165, 1.54) is 0 Å². The summed E-state index contributed by atoms with van der Waals surface area (Å²) in [4.78, 5) is 11.8. The van der Waals surface area contributed by atoms with E-state index >= 15 is 0 Å². The first-order valence-corrected chi connectivity index (χ1v) is 8.85. The highest BCUT2D eigenvalue weighted by Crippen LogP contribution is 2.27. The summed E-state index contributed by atoms with van der Waals surface area (Å²) >= 11 is 0. The number of carbonyl (C=O) groups is 1. The lowest BCUT2D eigenvalue weighted by atomic mass is 10.1. The Morgan fingerprint density at radius 1 is 1.04 bits per heavy atom. The van der Waals surface area contributed by atoms with Gasteiger partial charge in [0.2, 0.25) is 0 Å². The van der Waals surface area contributed by atoms with Crippen molar-refractivity contribution in [3.8, 4) is 11.5 Å². The molecule has 0 radical (unpaired) electrons. The van der Waals surface area contributed by atoms with E-state index in [2.05, 4.69) is 5.32 Å². The average Bonchev–Trinajstić information content (AvgIpc) is 2.67. The fourth-order valence-electron chi connectivity index (χ4n) is 2.37. The maximum Gasteiger partial charge on any atom is 0.257 e. The van der Waals surface area contributed by atoms with Crippen molar-refractivity contribution in [2.45, 2.75) is 19.3 Å². The molecule has 5 nitrogen and oxygen atoms in total. The molecule has 0 heterocycles.